The van der Waals surface area contributed by atoms with Crippen LogP contribution in [0.2, 0.25) is 10.0 Å². The minimum atomic E-state index is -0.562. The summed E-state index contributed by atoms with van der Waals surface area (Å²) < 4.78 is 16.1. The van der Waals surface area contributed by atoms with E-state index in [-0.39, 0.29) is 18.7 Å². The summed E-state index contributed by atoms with van der Waals surface area (Å²) in [6.07, 6.45) is 1.99. The summed E-state index contributed by atoms with van der Waals surface area (Å²) in [4.78, 5) is 23.1. The molecule has 1 aromatic carbocycles. The van der Waals surface area contributed by atoms with Gasteiger partial charge in [-0.05, 0) is 51.3 Å². The van der Waals surface area contributed by atoms with Crippen molar-refractivity contribution >= 4 is 35.1 Å². The fraction of sp³-hybridized carbons (Fsp3) is 0.481. The number of piperidine rings is 1. The summed E-state index contributed by atoms with van der Waals surface area (Å²) in [7, 11) is 1.38. The van der Waals surface area contributed by atoms with Crippen molar-refractivity contribution in [3.8, 4) is 28.4 Å². The number of methoxy groups -OCH3 is 1. The number of nitrogens with one attached hydrogen (secondary N) is 1. The molecule has 39 heavy (non-hydrogen) atoms. The Morgan fingerprint density at radius 2 is 2.00 bits per heavy atom. The molecule has 0 radical (unpaired) electrons. The van der Waals surface area contributed by atoms with Crippen LogP contribution in [0.1, 0.15) is 44.1 Å². The number of aromatic nitrogens is 3. The standard InChI is InChI=1S/C27H33Cl2N5O5/c1-5-6-18(35)14-38-19-7-8-21(28)20(13-19)25-31-24(22-15(2)33-39-16(22)3)23(29)26(32-25)30-17-9-11-34(12-10-17)27(36)37-4/h7-8,13,17-18,35H,5-6,9-12,14H2,1-4H3,(H,30,31,32)/t18-/m1/s1. The second kappa shape index (κ2) is 12.8. The summed E-state index contributed by atoms with van der Waals surface area (Å²) in [6, 6.07) is 5.22. The van der Waals surface area contributed by atoms with Gasteiger partial charge in [0.25, 0.3) is 0 Å². The van der Waals surface area contributed by atoms with E-state index in [1.807, 2.05) is 13.8 Å². The van der Waals surface area contributed by atoms with Crippen LogP contribution >= 0.6 is 23.2 Å². The largest absolute Gasteiger partial charge is 0.491 e. The highest BCUT2D eigenvalue weighted by Crippen LogP contribution is 2.39. The molecule has 0 aliphatic carbocycles. The third-order valence-corrected chi connectivity index (χ3v) is 7.32. The monoisotopic (exact) mass is 577 g/mol. The first-order valence-corrected chi connectivity index (χ1v) is 13.7. The van der Waals surface area contributed by atoms with Gasteiger partial charge in [0.2, 0.25) is 0 Å². The van der Waals surface area contributed by atoms with Crippen molar-refractivity contribution in [2.45, 2.75) is 58.6 Å². The van der Waals surface area contributed by atoms with E-state index in [0.717, 1.165) is 6.42 Å². The first-order valence-electron chi connectivity index (χ1n) is 12.9. The van der Waals surface area contributed by atoms with Crippen molar-refractivity contribution in [3.05, 3.63) is 39.7 Å². The lowest BCUT2D eigenvalue weighted by atomic mass is 10.0. The lowest BCUT2D eigenvalue weighted by molar-refractivity contribution is 0.0994. The Hall–Kier alpha value is -3.08. The van der Waals surface area contributed by atoms with Gasteiger partial charge in [-0.1, -0.05) is 41.7 Å². The van der Waals surface area contributed by atoms with Crippen molar-refractivity contribution < 1.29 is 23.9 Å². The molecule has 0 saturated carbocycles. The molecule has 1 atom stereocenters. The molecule has 0 bridgehead atoms. The number of aliphatic hydroxyl groups is 1. The number of ether oxygens (including phenoxy) is 2. The zero-order valence-corrected chi connectivity index (χ0v) is 24.0. The normalized spacial score (nSPS) is 14.8. The van der Waals surface area contributed by atoms with Crippen LogP contribution in [-0.4, -0.2) is 70.2 Å². The highest BCUT2D eigenvalue weighted by Gasteiger charge is 2.27. The van der Waals surface area contributed by atoms with Crippen LogP contribution < -0.4 is 10.1 Å². The Morgan fingerprint density at radius 1 is 1.26 bits per heavy atom. The third-order valence-electron chi connectivity index (χ3n) is 6.63. The quantitative estimate of drug-likeness (QED) is 0.319. The smallest absolute Gasteiger partial charge is 0.409 e. The Bertz CT molecular complexity index is 1290. The first kappa shape index (κ1) is 28.9. The Kier molecular flexibility index (Phi) is 9.53. The van der Waals surface area contributed by atoms with Gasteiger partial charge in [0.15, 0.2) is 5.82 Å². The van der Waals surface area contributed by atoms with Crippen molar-refractivity contribution in [3.63, 3.8) is 0 Å². The van der Waals surface area contributed by atoms with E-state index in [1.54, 1.807) is 30.0 Å². The van der Waals surface area contributed by atoms with Gasteiger partial charge in [-0.3, -0.25) is 0 Å². The minimum absolute atomic E-state index is 0.0221. The molecular weight excluding hydrogens is 545 g/mol. The molecule has 1 aliphatic rings. The molecule has 4 rings (SSSR count). The number of halogens is 2. The second-order valence-corrected chi connectivity index (χ2v) is 10.3. The minimum Gasteiger partial charge on any atom is -0.491 e. The van der Waals surface area contributed by atoms with Crippen molar-refractivity contribution in [2.75, 3.05) is 32.1 Å². The highest BCUT2D eigenvalue weighted by atomic mass is 35.5. The molecule has 1 aliphatic heterocycles. The SMILES string of the molecule is CCC[C@@H](O)COc1ccc(Cl)c(-c2nc(NC3CCN(C(=O)OC)CC3)c(Cl)c(-c3c(C)noc3C)n2)c1. The number of hydrogen-bond donors (Lipinski definition) is 2. The lowest BCUT2D eigenvalue weighted by Gasteiger charge is -2.31. The number of benzene rings is 1. The zero-order chi connectivity index (χ0) is 28.1. The highest BCUT2D eigenvalue weighted by molar-refractivity contribution is 6.35. The fourth-order valence-corrected chi connectivity index (χ4v) is 4.99. The predicted octanol–water partition coefficient (Wildman–Crippen LogP) is 5.90. The van der Waals surface area contributed by atoms with Gasteiger partial charge in [-0.2, -0.15) is 0 Å². The molecule has 10 nitrogen and oxygen atoms in total. The Morgan fingerprint density at radius 3 is 2.64 bits per heavy atom. The Balaban J connectivity index is 1.70. The van der Waals surface area contributed by atoms with E-state index in [1.165, 1.54) is 7.11 Å². The number of likely N-dealkylation sites (tertiary alicyclic amines) is 1. The summed E-state index contributed by atoms with van der Waals surface area (Å²) >= 11 is 13.5. The van der Waals surface area contributed by atoms with Crippen molar-refractivity contribution in [1.82, 2.24) is 20.0 Å². The topological polar surface area (TPSA) is 123 Å². The predicted molar refractivity (Wildman–Crippen MR) is 149 cm³/mol. The number of rotatable bonds is 9. The van der Waals surface area contributed by atoms with Gasteiger partial charge in [-0.25, -0.2) is 14.8 Å². The number of aliphatic hydroxyl groups excluding tert-OH is 1. The number of aryl methyl sites for hydroxylation is 2. The fourth-order valence-electron chi connectivity index (χ4n) is 4.55. The number of nitrogens with zero attached hydrogens (tertiary/aromatic N) is 4. The molecule has 3 aromatic rings. The van der Waals surface area contributed by atoms with E-state index in [2.05, 4.69) is 10.5 Å². The number of amides is 1. The lowest BCUT2D eigenvalue weighted by Crippen LogP contribution is -2.42. The van der Waals surface area contributed by atoms with E-state index < -0.39 is 6.10 Å². The van der Waals surface area contributed by atoms with E-state index in [4.69, 9.17) is 47.2 Å². The van der Waals surface area contributed by atoms with Crippen LogP contribution in [0.3, 0.4) is 0 Å². The van der Waals surface area contributed by atoms with E-state index in [9.17, 15) is 9.90 Å². The molecule has 1 saturated heterocycles. The van der Waals surface area contributed by atoms with Gasteiger partial charge >= 0.3 is 6.09 Å². The maximum absolute atomic E-state index is 11.9. The summed E-state index contributed by atoms with van der Waals surface area (Å²) in [5.41, 5.74) is 2.34. The van der Waals surface area contributed by atoms with Crippen LogP contribution in [0.25, 0.3) is 22.6 Å². The van der Waals surface area contributed by atoms with Gasteiger partial charge < -0.3 is 29.3 Å². The maximum atomic E-state index is 11.9. The van der Waals surface area contributed by atoms with Crippen LogP contribution in [0.4, 0.5) is 10.6 Å². The molecule has 2 aromatic heterocycles. The number of carbonyl (C=O) groups excluding carboxylic acids is 1. The van der Waals surface area contributed by atoms with Gasteiger partial charge in [0.1, 0.15) is 34.7 Å². The molecule has 12 heteroatoms. The molecule has 1 fully saturated rings. The second-order valence-electron chi connectivity index (χ2n) is 9.53. The number of anilines is 1. The molecular formula is C27H33Cl2N5O5. The molecule has 3 heterocycles. The van der Waals surface area contributed by atoms with Gasteiger partial charge in [0.05, 0.1) is 29.5 Å². The average molecular weight is 578 g/mol. The van der Waals surface area contributed by atoms with Gasteiger partial charge in [-0.15, -0.1) is 0 Å². The molecule has 210 valence electrons. The Labute approximate surface area is 237 Å². The molecule has 2 N–H and O–H groups in total. The van der Waals surface area contributed by atoms with E-state index in [0.29, 0.717) is 88.1 Å². The first-order chi connectivity index (χ1) is 18.7. The van der Waals surface area contributed by atoms with Crippen LogP contribution in [0, 0.1) is 13.8 Å². The van der Waals surface area contributed by atoms with Crippen molar-refractivity contribution in [1.29, 1.82) is 0 Å². The summed E-state index contributed by atoms with van der Waals surface area (Å²) in [6.45, 7) is 6.89. The van der Waals surface area contributed by atoms with E-state index >= 15 is 0 Å². The number of hydrogen-bond acceptors (Lipinski definition) is 9. The summed E-state index contributed by atoms with van der Waals surface area (Å²) in [5, 5.41) is 18.4. The van der Waals surface area contributed by atoms with Crippen LogP contribution in [0.5, 0.6) is 5.75 Å². The van der Waals surface area contributed by atoms with Crippen molar-refractivity contribution in [2.24, 2.45) is 0 Å². The van der Waals surface area contributed by atoms with Gasteiger partial charge in [0, 0.05) is 24.7 Å². The van der Waals surface area contributed by atoms with Crippen LogP contribution in [0.15, 0.2) is 22.7 Å². The molecule has 0 spiro atoms. The third kappa shape index (κ3) is 6.74. The van der Waals surface area contributed by atoms with Crippen LogP contribution in [-0.2, 0) is 4.74 Å². The maximum Gasteiger partial charge on any atom is 0.409 e. The number of carbonyl (C=O) groups is 1. The summed E-state index contributed by atoms with van der Waals surface area (Å²) in [5.74, 6) is 1.89. The molecule has 0 unspecified atom stereocenters. The zero-order valence-electron chi connectivity index (χ0n) is 22.5. The average Bonchev–Trinajstić information content (AvgIpc) is 3.27. The molecule has 1 amide bonds.